The molecule has 1 aliphatic rings. The Hall–Kier alpha value is -1.77. The Morgan fingerprint density at radius 1 is 1.29 bits per heavy atom. The van der Waals surface area contributed by atoms with Crippen molar-refractivity contribution in [3.63, 3.8) is 0 Å². The third-order valence-corrected chi connectivity index (χ3v) is 2.27. The quantitative estimate of drug-likeness (QED) is 0.650. The molecule has 3 heteroatoms. The van der Waals surface area contributed by atoms with E-state index in [1.165, 1.54) is 0 Å². The Morgan fingerprint density at radius 3 is 2.79 bits per heavy atom. The summed E-state index contributed by atoms with van der Waals surface area (Å²) in [4.78, 5) is 11.5. The fourth-order valence-corrected chi connectivity index (χ4v) is 1.56. The summed E-state index contributed by atoms with van der Waals surface area (Å²) < 4.78 is 0. The van der Waals surface area contributed by atoms with Gasteiger partial charge >= 0.3 is 0 Å². The molecule has 1 amide bonds. The highest BCUT2D eigenvalue weighted by molar-refractivity contribution is 6.21. The van der Waals surface area contributed by atoms with Gasteiger partial charge in [0, 0.05) is 23.4 Å². The molecule has 0 radical (unpaired) electrons. The van der Waals surface area contributed by atoms with E-state index < -0.39 is 0 Å². The summed E-state index contributed by atoms with van der Waals surface area (Å²) in [6, 6.07) is 7.42. The van der Waals surface area contributed by atoms with Crippen LogP contribution in [0.5, 0.6) is 0 Å². The number of hydrogen-bond donors (Lipinski definition) is 2. The predicted molar refractivity (Wildman–Crippen MR) is 56.5 cm³/mol. The molecule has 1 aromatic rings. The van der Waals surface area contributed by atoms with Gasteiger partial charge in [0.05, 0.1) is 0 Å². The Morgan fingerprint density at radius 2 is 2.07 bits per heavy atom. The fourth-order valence-electron chi connectivity index (χ4n) is 1.56. The van der Waals surface area contributed by atoms with Crippen molar-refractivity contribution in [1.82, 2.24) is 5.32 Å². The highest BCUT2D eigenvalue weighted by Crippen LogP contribution is 2.23. The van der Waals surface area contributed by atoms with Gasteiger partial charge in [-0.25, -0.2) is 0 Å². The Labute approximate surface area is 82.6 Å². The van der Waals surface area contributed by atoms with Crippen molar-refractivity contribution in [3.8, 4) is 0 Å². The van der Waals surface area contributed by atoms with Crippen LogP contribution in [0.4, 0.5) is 5.69 Å². The van der Waals surface area contributed by atoms with Gasteiger partial charge in [-0.05, 0) is 12.5 Å². The van der Waals surface area contributed by atoms with Gasteiger partial charge in [-0.15, -0.1) is 0 Å². The maximum absolute atomic E-state index is 11.5. The van der Waals surface area contributed by atoms with Gasteiger partial charge in [0.15, 0.2) is 0 Å². The first-order chi connectivity index (χ1) is 6.79. The zero-order valence-electron chi connectivity index (χ0n) is 7.79. The minimum absolute atomic E-state index is 0.0332. The maximum atomic E-state index is 11.5. The van der Waals surface area contributed by atoms with E-state index in [1.54, 1.807) is 6.07 Å². The van der Waals surface area contributed by atoms with Crippen LogP contribution in [0, 0.1) is 0 Å². The predicted octanol–water partition coefficient (Wildman–Crippen LogP) is 1.17. The number of rotatable bonds is 1. The van der Waals surface area contributed by atoms with Crippen LogP contribution in [0.1, 0.15) is 12.0 Å². The molecule has 1 aliphatic heterocycles. The number of amides is 1. The van der Waals surface area contributed by atoms with E-state index in [2.05, 4.69) is 5.32 Å². The second-order valence-electron chi connectivity index (χ2n) is 3.25. The second-order valence-corrected chi connectivity index (χ2v) is 3.25. The van der Waals surface area contributed by atoms with E-state index in [0.717, 1.165) is 18.5 Å². The van der Waals surface area contributed by atoms with Gasteiger partial charge in [-0.1, -0.05) is 24.3 Å². The lowest BCUT2D eigenvalue weighted by Crippen LogP contribution is -2.28. The van der Waals surface area contributed by atoms with Crippen molar-refractivity contribution in [2.24, 2.45) is 0 Å². The second kappa shape index (κ2) is 3.54. The van der Waals surface area contributed by atoms with Crippen LogP contribution in [0.2, 0.25) is 0 Å². The minimum Gasteiger partial charge on any atom is -0.398 e. The number of nitrogens with one attached hydrogen (secondary N) is 1. The molecular weight excluding hydrogens is 176 g/mol. The molecule has 3 nitrogen and oxygen atoms in total. The standard InChI is InChI=1S/C11H12N2O/c12-10-6-2-1-4-8(10)9-5-3-7-13-11(9)14/h1-2,4-6H,3,7,12H2,(H,13,14). The molecule has 0 atom stereocenters. The molecule has 14 heavy (non-hydrogen) atoms. The number of carbonyl (C=O) groups excluding carboxylic acids is 1. The third-order valence-electron chi connectivity index (χ3n) is 2.27. The molecule has 0 aliphatic carbocycles. The van der Waals surface area contributed by atoms with Gasteiger partial charge < -0.3 is 11.1 Å². The minimum atomic E-state index is -0.0332. The summed E-state index contributed by atoms with van der Waals surface area (Å²) in [7, 11) is 0. The third kappa shape index (κ3) is 1.48. The maximum Gasteiger partial charge on any atom is 0.251 e. The summed E-state index contributed by atoms with van der Waals surface area (Å²) in [5, 5.41) is 2.80. The molecule has 1 heterocycles. The number of anilines is 1. The van der Waals surface area contributed by atoms with Gasteiger partial charge in [-0.3, -0.25) is 4.79 Å². The summed E-state index contributed by atoms with van der Waals surface area (Å²) >= 11 is 0. The number of hydrogen-bond acceptors (Lipinski definition) is 2. The normalized spacial score (nSPS) is 16.0. The zero-order valence-corrected chi connectivity index (χ0v) is 7.79. The van der Waals surface area contributed by atoms with Crippen LogP contribution >= 0.6 is 0 Å². The Kier molecular flexibility index (Phi) is 2.23. The zero-order chi connectivity index (χ0) is 9.97. The number of nitrogen functional groups attached to an aromatic ring is 1. The van der Waals surface area contributed by atoms with Crippen molar-refractivity contribution >= 4 is 17.2 Å². The number of nitrogens with two attached hydrogens (primary N) is 1. The SMILES string of the molecule is Nc1ccccc1C1=CCCNC1=O. The molecule has 0 saturated carbocycles. The first-order valence-corrected chi connectivity index (χ1v) is 4.62. The summed E-state index contributed by atoms with van der Waals surface area (Å²) in [5.74, 6) is -0.0332. The molecule has 0 spiro atoms. The summed E-state index contributed by atoms with van der Waals surface area (Å²) in [6.45, 7) is 0.717. The molecule has 0 unspecified atom stereocenters. The van der Waals surface area contributed by atoms with Crippen LogP contribution in [-0.4, -0.2) is 12.5 Å². The molecule has 0 saturated heterocycles. The summed E-state index contributed by atoms with van der Waals surface area (Å²) in [6.07, 6.45) is 2.81. The van der Waals surface area contributed by atoms with Crippen LogP contribution in [0.3, 0.4) is 0 Å². The van der Waals surface area contributed by atoms with E-state index in [0.29, 0.717) is 11.3 Å². The first-order valence-electron chi connectivity index (χ1n) is 4.62. The van der Waals surface area contributed by atoms with Gasteiger partial charge in [0.2, 0.25) is 0 Å². The van der Waals surface area contributed by atoms with E-state index in [1.807, 2.05) is 24.3 Å². The van der Waals surface area contributed by atoms with E-state index in [4.69, 9.17) is 5.73 Å². The topological polar surface area (TPSA) is 55.1 Å². The number of carbonyl (C=O) groups is 1. The molecular formula is C11H12N2O. The Balaban J connectivity index is 2.44. The molecule has 3 N–H and O–H groups in total. The van der Waals surface area contributed by atoms with Crippen molar-refractivity contribution in [2.75, 3.05) is 12.3 Å². The fraction of sp³-hybridized carbons (Fsp3) is 0.182. The van der Waals surface area contributed by atoms with E-state index in [9.17, 15) is 4.79 Å². The van der Waals surface area contributed by atoms with Crippen molar-refractivity contribution in [2.45, 2.75) is 6.42 Å². The monoisotopic (exact) mass is 188 g/mol. The van der Waals surface area contributed by atoms with Crippen LogP contribution in [0.25, 0.3) is 5.57 Å². The lowest BCUT2D eigenvalue weighted by molar-refractivity contribution is -0.115. The molecule has 72 valence electrons. The van der Waals surface area contributed by atoms with Crippen molar-refractivity contribution in [3.05, 3.63) is 35.9 Å². The number of benzene rings is 1. The lowest BCUT2D eigenvalue weighted by atomic mass is 10.00. The average Bonchev–Trinajstić information content (AvgIpc) is 2.20. The molecule has 2 rings (SSSR count). The van der Waals surface area contributed by atoms with Crippen molar-refractivity contribution < 1.29 is 4.79 Å². The molecule has 0 bridgehead atoms. The smallest absolute Gasteiger partial charge is 0.251 e. The van der Waals surface area contributed by atoms with Crippen LogP contribution < -0.4 is 11.1 Å². The Bertz CT molecular complexity index is 396. The van der Waals surface area contributed by atoms with Crippen LogP contribution in [0.15, 0.2) is 30.3 Å². The van der Waals surface area contributed by atoms with E-state index in [-0.39, 0.29) is 5.91 Å². The number of para-hydroxylation sites is 1. The van der Waals surface area contributed by atoms with Crippen molar-refractivity contribution in [1.29, 1.82) is 0 Å². The first kappa shape index (κ1) is 8.81. The highest BCUT2D eigenvalue weighted by Gasteiger charge is 2.15. The van der Waals surface area contributed by atoms with Gasteiger partial charge in [-0.2, -0.15) is 0 Å². The molecule has 0 fully saturated rings. The lowest BCUT2D eigenvalue weighted by Gasteiger charge is -2.14. The van der Waals surface area contributed by atoms with Gasteiger partial charge in [0.1, 0.15) is 0 Å². The van der Waals surface area contributed by atoms with Gasteiger partial charge in [0.25, 0.3) is 5.91 Å². The largest absolute Gasteiger partial charge is 0.398 e. The van der Waals surface area contributed by atoms with Crippen LogP contribution in [-0.2, 0) is 4.79 Å². The highest BCUT2D eigenvalue weighted by atomic mass is 16.1. The average molecular weight is 188 g/mol. The van der Waals surface area contributed by atoms with E-state index >= 15 is 0 Å². The summed E-state index contributed by atoms with van der Waals surface area (Å²) in [5.41, 5.74) is 7.95. The molecule has 1 aromatic carbocycles. The molecule has 0 aromatic heterocycles.